The van der Waals surface area contributed by atoms with Crippen LogP contribution in [0.25, 0.3) is 0 Å². The van der Waals surface area contributed by atoms with E-state index in [4.69, 9.17) is 0 Å². The van der Waals surface area contributed by atoms with E-state index < -0.39 is 5.41 Å². The van der Waals surface area contributed by atoms with Crippen LogP contribution in [0.1, 0.15) is 12.8 Å². The summed E-state index contributed by atoms with van der Waals surface area (Å²) < 4.78 is 0. The first kappa shape index (κ1) is 13.4. The van der Waals surface area contributed by atoms with Crippen LogP contribution in [-0.4, -0.2) is 25.9 Å². The quantitative estimate of drug-likeness (QED) is 0.498. The number of nitrogens with one attached hydrogen (secondary N) is 2. The minimum absolute atomic E-state index is 0.290. The molecule has 0 saturated carbocycles. The maximum Gasteiger partial charge on any atom is 0.236 e. The second kappa shape index (κ2) is 6.01. The first-order valence-corrected chi connectivity index (χ1v) is 4.75. The van der Waals surface area contributed by atoms with E-state index in [0.717, 1.165) is 0 Å². The van der Waals surface area contributed by atoms with Gasteiger partial charge in [-0.15, -0.1) is 13.2 Å². The SMILES string of the molecule is C=CCC(CC=C)(C(=O)NC)C(=O)NC. The van der Waals surface area contributed by atoms with E-state index >= 15 is 0 Å². The van der Waals surface area contributed by atoms with Crippen LogP contribution in [0.5, 0.6) is 0 Å². The van der Waals surface area contributed by atoms with Crippen molar-refractivity contribution in [1.82, 2.24) is 10.6 Å². The van der Waals surface area contributed by atoms with Crippen LogP contribution < -0.4 is 10.6 Å². The zero-order valence-corrected chi connectivity index (χ0v) is 9.30. The number of amides is 2. The maximum absolute atomic E-state index is 11.7. The highest BCUT2D eigenvalue weighted by atomic mass is 16.2. The molecule has 0 aliphatic heterocycles. The van der Waals surface area contributed by atoms with Gasteiger partial charge in [0.2, 0.25) is 11.8 Å². The third-order valence-corrected chi connectivity index (χ3v) is 2.31. The van der Waals surface area contributed by atoms with E-state index in [1.165, 1.54) is 14.1 Å². The van der Waals surface area contributed by atoms with Crippen molar-refractivity contribution in [2.75, 3.05) is 14.1 Å². The van der Waals surface area contributed by atoms with Crippen molar-refractivity contribution >= 4 is 11.8 Å². The zero-order chi connectivity index (χ0) is 11.9. The Kier molecular flexibility index (Phi) is 5.37. The van der Waals surface area contributed by atoms with Crippen LogP contribution in [0.2, 0.25) is 0 Å². The Morgan fingerprint density at radius 1 is 1.07 bits per heavy atom. The first-order valence-electron chi connectivity index (χ1n) is 4.75. The largest absolute Gasteiger partial charge is 0.358 e. The Bertz CT molecular complexity index is 244. The molecule has 0 aromatic heterocycles. The smallest absolute Gasteiger partial charge is 0.236 e. The molecule has 0 aliphatic rings. The van der Waals surface area contributed by atoms with E-state index in [1.807, 2.05) is 0 Å². The van der Waals surface area contributed by atoms with Crippen LogP contribution in [-0.2, 0) is 9.59 Å². The molecule has 0 bridgehead atoms. The molecule has 0 aromatic carbocycles. The summed E-state index contributed by atoms with van der Waals surface area (Å²) in [5.41, 5.74) is -1.12. The monoisotopic (exact) mass is 210 g/mol. The van der Waals surface area contributed by atoms with Gasteiger partial charge in [0.25, 0.3) is 0 Å². The van der Waals surface area contributed by atoms with Gasteiger partial charge < -0.3 is 10.6 Å². The van der Waals surface area contributed by atoms with Crippen molar-refractivity contribution in [2.45, 2.75) is 12.8 Å². The molecular weight excluding hydrogens is 192 g/mol. The summed E-state index contributed by atoms with van der Waals surface area (Å²) in [4.78, 5) is 23.5. The van der Waals surface area contributed by atoms with Gasteiger partial charge in [0, 0.05) is 14.1 Å². The van der Waals surface area contributed by atoms with Crippen molar-refractivity contribution in [1.29, 1.82) is 0 Å². The van der Waals surface area contributed by atoms with E-state index in [-0.39, 0.29) is 11.8 Å². The van der Waals surface area contributed by atoms with Crippen LogP contribution in [0.15, 0.2) is 25.3 Å². The van der Waals surface area contributed by atoms with E-state index in [2.05, 4.69) is 23.8 Å². The highest BCUT2D eigenvalue weighted by Crippen LogP contribution is 2.28. The lowest BCUT2D eigenvalue weighted by Crippen LogP contribution is -2.49. The van der Waals surface area contributed by atoms with Gasteiger partial charge >= 0.3 is 0 Å². The Morgan fingerprint density at radius 3 is 1.60 bits per heavy atom. The third-order valence-electron chi connectivity index (χ3n) is 2.31. The van der Waals surface area contributed by atoms with Gasteiger partial charge in [-0.3, -0.25) is 9.59 Å². The predicted octanol–water partition coefficient (Wildman–Crippen LogP) is 0.617. The summed E-state index contributed by atoms with van der Waals surface area (Å²) in [6.07, 6.45) is 3.71. The molecule has 0 aliphatic carbocycles. The lowest BCUT2D eigenvalue weighted by Gasteiger charge is -2.27. The maximum atomic E-state index is 11.7. The third kappa shape index (κ3) is 2.68. The molecule has 0 aromatic rings. The van der Waals surface area contributed by atoms with Gasteiger partial charge in [0.15, 0.2) is 0 Å². The molecule has 0 fully saturated rings. The molecule has 0 saturated heterocycles. The van der Waals surface area contributed by atoms with E-state index in [9.17, 15) is 9.59 Å². The first-order chi connectivity index (χ1) is 7.08. The summed E-state index contributed by atoms with van der Waals surface area (Å²) in [7, 11) is 3.01. The zero-order valence-electron chi connectivity index (χ0n) is 9.30. The average Bonchev–Trinajstić information content (AvgIpc) is 2.26. The number of hydrogen-bond acceptors (Lipinski definition) is 2. The Hall–Kier alpha value is -1.58. The lowest BCUT2D eigenvalue weighted by molar-refractivity contribution is -0.142. The molecule has 2 amide bonds. The van der Waals surface area contributed by atoms with Crippen LogP contribution in [0.4, 0.5) is 0 Å². The Labute approximate surface area is 90.4 Å². The van der Waals surface area contributed by atoms with Gasteiger partial charge in [-0.1, -0.05) is 12.2 Å². The molecule has 0 rings (SSSR count). The molecule has 0 spiro atoms. The molecule has 0 heterocycles. The minimum atomic E-state index is -1.12. The molecule has 4 heteroatoms. The fourth-order valence-corrected chi connectivity index (χ4v) is 1.53. The van der Waals surface area contributed by atoms with Gasteiger partial charge in [-0.05, 0) is 12.8 Å². The van der Waals surface area contributed by atoms with E-state index in [0.29, 0.717) is 12.8 Å². The summed E-state index contributed by atoms with van der Waals surface area (Å²) in [5.74, 6) is -0.636. The molecule has 15 heavy (non-hydrogen) atoms. The number of rotatable bonds is 6. The second-order valence-corrected chi connectivity index (χ2v) is 3.23. The summed E-state index contributed by atoms with van der Waals surface area (Å²) in [6.45, 7) is 7.13. The molecular formula is C11H18N2O2. The van der Waals surface area contributed by atoms with Gasteiger partial charge in [0.1, 0.15) is 5.41 Å². The van der Waals surface area contributed by atoms with Crippen molar-refractivity contribution in [3.05, 3.63) is 25.3 Å². The summed E-state index contributed by atoms with van der Waals surface area (Å²) in [5, 5.41) is 4.99. The lowest BCUT2D eigenvalue weighted by atomic mass is 9.79. The number of allylic oxidation sites excluding steroid dienone is 2. The highest BCUT2D eigenvalue weighted by Gasteiger charge is 2.42. The molecule has 84 valence electrons. The topological polar surface area (TPSA) is 58.2 Å². The average molecular weight is 210 g/mol. The number of carbonyl (C=O) groups excluding carboxylic acids is 2. The standard InChI is InChI=1S/C11H18N2O2/c1-5-7-11(8-6-2,9(14)12-3)10(15)13-4/h5-6H,1-2,7-8H2,3-4H3,(H,12,14)(H,13,15). The van der Waals surface area contributed by atoms with Crippen molar-refractivity contribution in [3.8, 4) is 0 Å². The molecule has 2 N–H and O–H groups in total. The molecule has 4 nitrogen and oxygen atoms in total. The normalized spacial score (nSPS) is 10.3. The number of hydrogen-bond donors (Lipinski definition) is 2. The highest BCUT2D eigenvalue weighted by molar-refractivity contribution is 6.05. The van der Waals surface area contributed by atoms with Crippen LogP contribution in [0.3, 0.4) is 0 Å². The van der Waals surface area contributed by atoms with Crippen molar-refractivity contribution in [2.24, 2.45) is 5.41 Å². The van der Waals surface area contributed by atoms with Crippen molar-refractivity contribution in [3.63, 3.8) is 0 Å². The molecule has 0 atom stereocenters. The van der Waals surface area contributed by atoms with Crippen LogP contribution >= 0.6 is 0 Å². The molecule has 0 radical (unpaired) electrons. The van der Waals surface area contributed by atoms with Gasteiger partial charge in [0.05, 0.1) is 0 Å². The summed E-state index contributed by atoms with van der Waals surface area (Å²) in [6, 6.07) is 0. The molecule has 0 unspecified atom stereocenters. The Morgan fingerprint density at radius 2 is 1.40 bits per heavy atom. The van der Waals surface area contributed by atoms with Crippen LogP contribution in [0, 0.1) is 5.41 Å². The minimum Gasteiger partial charge on any atom is -0.358 e. The second-order valence-electron chi connectivity index (χ2n) is 3.23. The van der Waals surface area contributed by atoms with Gasteiger partial charge in [-0.25, -0.2) is 0 Å². The number of carbonyl (C=O) groups is 2. The fourth-order valence-electron chi connectivity index (χ4n) is 1.53. The van der Waals surface area contributed by atoms with Gasteiger partial charge in [-0.2, -0.15) is 0 Å². The fraction of sp³-hybridized carbons (Fsp3) is 0.455. The summed E-state index contributed by atoms with van der Waals surface area (Å²) >= 11 is 0. The predicted molar refractivity (Wildman–Crippen MR) is 60.2 cm³/mol. The van der Waals surface area contributed by atoms with E-state index in [1.54, 1.807) is 12.2 Å². The Balaban J connectivity index is 5.22. The van der Waals surface area contributed by atoms with Crippen molar-refractivity contribution < 1.29 is 9.59 Å².